The molecule has 0 saturated heterocycles. The second-order valence-corrected chi connectivity index (χ2v) is 7.13. The zero-order valence-electron chi connectivity index (χ0n) is 11.9. The molecule has 0 aliphatic heterocycles. The first kappa shape index (κ1) is 16.9. The van der Waals surface area contributed by atoms with Crippen molar-refractivity contribution < 1.29 is 18.3 Å². The van der Waals surface area contributed by atoms with Crippen LogP contribution < -0.4 is 9.83 Å². The van der Waals surface area contributed by atoms with Crippen LogP contribution in [0, 0.1) is 17.6 Å². The molecule has 8 heteroatoms. The van der Waals surface area contributed by atoms with E-state index in [1.165, 1.54) is 18.2 Å². The number of hydrogen-bond donors (Lipinski definition) is 1. The van der Waals surface area contributed by atoms with Crippen molar-refractivity contribution in [2.45, 2.75) is 16.7 Å². The van der Waals surface area contributed by atoms with Crippen molar-refractivity contribution in [1.29, 1.82) is 5.26 Å². The molecule has 0 radical (unpaired) electrons. The van der Waals surface area contributed by atoms with Gasteiger partial charge < -0.3 is 9.90 Å². The highest BCUT2D eigenvalue weighted by atomic mass is 32.2. The number of nitrogens with zero attached hydrogens (tertiary/aromatic N) is 1. The Morgan fingerprint density at radius 3 is 2.61 bits per heavy atom. The largest absolute Gasteiger partial charge is 0.545 e. The van der Waals surface area contributed by atoms with E-state index in [9.17, 15) is 18.3 Å². The monoisotopic (exact) mass is 347 g/mol. The summed E-state index contributed by atoms with van der Waals surface area (Å²) in [5, 5.41) is 21.4. The maximum Gasteiger partial charge on any atom is 0.261 e. The molecule has 0 fully saturated rings. The van der Waals surface area contributed by atoms with Crippen LogP contribution in [0.15, 0.2) is 52.3 Å². The van der Waals surface area contributed by atoms with Crippen LogP contribution in [0.1, 0.15) is 15.9 Å². The highest BCUT2D eigenvalue weighted by molar-refractivity contribution is 8.03. The zero-order valence-corrected chi connectivity index (χ0v) is 13.6. The summed E-state index contributed by atoms with van der Waals surface area (Å²) < 4.78 is 27.1. The van der Waals surface area contributed by atoms with Gasteiger partial charge in [0, 0.05) is 4.90 Å². The van der Waals surface area contributed by atoms with Crippen LogP contribution in [-0.4, -0.2) is 14.4 Å². The smallest absolute Gasteiger partial charge is 0.261 e. The van der Waals surface area contributed by atoms with Crippen molar-refractivity contribution in [3.05, 3.63) is 53.6 Å². The Kier molecular flexibility index (Phi) is 4.93. The Morgan fingerprint density at radius 1 is 1.26 bits per heavy atom. The molecular weight excluding hydrogens is 336 g/mol. The third-order valence-electron chi connectivity index (χ3n) is 2.99. The molecule has 0 aliphatic carbocycles. The van der Waals surface area contributed by atoms with E-state index in [-0.39, 0.29) is 10.5 Å². The van der Waals surface area contributed by atoms with Crippen LogP contribution in [0.25, 0.3) is 0 Å². The molecule has 2 aromatic rings. The van der Waals surface area contributed by atoms with E-state index in [1.54, 1.807) is 25.1 Å². The second-order valence-electron chi connectivity index (χ2n) is 4.59. The lowest BCUT2D eigenvalue weighted by molar-refractivity contribution is -0.255. The van der Waals surface area contributed by atoms with Crippen molar-refractivity contribution in [2.75, 3.05) is 4.72 Å². The third kappa shape index (κ3) is 4.03. The van der Waals surface area contributed by atoms with Gasteiger partial charge in [-0.2, -0.15) is 5.26 Å². The maximum absolute atomic E-state index is 12.4. The van der Waals surface area contributed by atoms with Gasteiger partial charge in [-0.25, -0.2) is 8.42 Å². The highest BCUT2D eigenvalue weighted by Gasteiger charge is 2.16. The average molecular weight is 347 g/mol. The number of nitriles is 1. The first-order valence-corrected chi connectivity index (χ1v) is 8.64. The minimum atomic E-state index is -3.93. The highest BCUT2D eigenvalue weighted by Crippen LogP contribution is 2.25. The normalized spacial score (nSPS) is 10.8. The number of rotatable bonds is 5. The summed E-state index contributed by atoms with van der Waals surface area (Å²) in [5.41, 5.74) is 0.779. The summed E-state index contributed by atoms with van der Waals surface area (Å²) in [5.74, 6) is -1.45. The Bertz CT molecular complexity index is 902. The van der Waals surface area contributed by atoms with Crippen molar-refractivity contribution in [3.8, 4) is 5.40 Å². The molecule has 23 heavy (non-hydrogen) atoms. The number of aryl methyl sites for hydroxylation is 1. The van der Waals surface area contributed by atoms with E-state index >= 15 is 0 Å². The van der Waals surface area contributed by atoms with E-state index in [1.807, 2.05) is 5.40 Å². The molecule has 0 aromatic heterocycles. The van der Waals surface area contributed by atoms with Gasteiger partial charge in [0.2, 0.25) is 0 Å². The van der Waals surface area contributed by atoms with Gasteiger partial charge in [0.05, 0.1) is 16.6 Å². The van der Waals surface area contributed by atoms with Crippen molar-refractivity contribution in [2.24, 2.45) is 0 Å². The van der Waals surface area contributed by atoms with E-state index in [0.29, 0.717) is 16.1 Å². The Labute approximate surface area is 137 Å². The molecule has 1 N–H and O–H groups in total. The second kappa shape index (κ2) is 6.73. The topological polar surface area (TPSA) is 110 Å². The number of carbonyl (C=O) groups is 1. The quantitative estimate of drug-likeness (QED) is 0.651. The van der Waals surface area contributed by atoms with Gasteiger partial charge in [0.15, 0.2) is 0 Å². The fourth-order valence-corrected chi connectivity index (χ4v) is 3.51. The number of hydrogen-bond acceptors (Lipinski definition) is 6. The number of nitrogens with one attached hydrogen (secondary N) is 1. The molecule has 0 amide bonds. The SMILES string of the molecule is Cc1cc(SC#N)ccc1NS(=O)(=O)c1cccc(C(=O)[O-])c1. The lowest BCUT2D eigenvalue weighted by Gasteiger charge is -2.12. The van der Waals surface area contributed by atoms with Crippen molar-refractivity contribution >= 4 is 33.4 Å². The summed E-state index contributed by atoms with van der Waals surface area (Å²) in [7, 11) is -3.93. The fraction of sp³-hybridized carbons (Fsp3) is 0.0667. The molecule has 0 spiro atoms. The van der Waals surface area contributed by atoms with Gasteiger partial charge in [-0.15, -0.1) is 0 Å². The van der Waals surface area contributed by atoms with Crippen molar-refractivity contribution in [1.82, 2.24) is 0 Å². The van der Waals surface area contributed by atoms with Gasteiger partial charge in [0.1, 0.15) is 5.40 Å². The van der Waals surface area contributed by atoms with Gasteiger partial charge in [0.25, 0.3) is 10.0 Å². The lowest BCUT2D eigenvalue weighted by Crippen LogP contribution is -2.23. The number of anilines is 1. The summed E-state index contributed by atoms with van der Waals surface area (Å²) >= 11 is 0.974. The molecule has 0 bridgehead atoms. The molecule has 118 valence electrons. The van der Waals surface area contributed by atoms with Gasteiger partial charge in [-0.1, -0.05) is 12.1 Å². The van der Waals surface area contributed by atoms with Crippen LogP contribution in [-0.2, 0) is 10.0 Å². The van der Waals surface area contributed by atoms with Gasteiger partial charge in [-0.3, -0.25) is 4.72 Å². The number of thioether (sulfide) groups is 1. The summed E-state index contributed by atoms with van der Waals surface area (Å²) in [4.78, 5) is 11.4. The predicted molar refractivity (Wildman–Crippen MR) is 84.2 cm³/mol. The molecule has 0 heterocycles. The molecular formula is C15H11N2O4S2-. The molecule has 0 saturated carbocycles. The molecule has 0 atom stereocenters. The molecule has 6 nitrogen and oxygen atoms in total. The maximum atomic E-state index is 12.4. The Hall–Kier alpha value is -2.50. The molecule has 0 unspecified atom stereocenters. The summed E-state index contributed by atoms with van der Waals surface area (Å²) in [6.07, 6.45) is 0. The number of carboxylic acids is 1. The van der Waals surface area contributed by atoms with E-state index in [0.717, 1.165) is 17.8 Å². The predicted octanol–water partition coefficient (Wildman–Crippen LogP) is 1.73. The molecule has 2 aromatic carbocycles. The first-order valence-electron chi connectivity index (χ1n) is 6.34. The van der Waals surface area contributed by atoms with Crippen LogP contribution in [0.4, 0.5) is 5.69 Å². The zero-order chi connectivity index (χ0) is 17.0. The molecule has 2 rings (SSSR count). The van der Waals surface area contributed by atoms with Gasteiger partial charge >= 0.3 is 0 Å². The van der Waals surface area contributed by atoms with Crippen LogP contribution in [0.5, 0.6) is 0 Å². The number of carbonyl (C=O) groups excluding carboxylic acids is 1. The van der Waals surface area contributed by atoms with E-state index in [4.69, 9.17) is 5.26 Å². The van der Waals surface area contributed by atoms with Crippen LogP contribution in [0.3, 0.4) is 0 Å². The van der Waals surface area contributed by atoms with Gasteiger partial charge in [-0.05, 0) is 60.1 Å². The fourth-order valence-electron chi connectivity index (χ4n) is 1.86. The number of carboxylic acid groups (broad SMARTS) is 1. The lowest BCUT2D eigenvalue weighted by atomic mass is 10.2. The summed E-state index contributed by atoms with van der Waals surface area (Å²) in [6, 6.07) is 9.78. The summed E-state index contributed by atoms with van der Waals surface area (Å²) in [6.45, 7) is 1.71. The number of sulfonamides is 1. The molecule has 0 aliphatic rings. The van der Waals surface area contributed by atoms with Crippen LogP contribution >= 0.6 is 11.8 Å². The minimum Gasteiger partial charge on any atom is -0.545 e. The number of aromatic carboxylic acids is 1. The van der Waals surface area contributed by atoms with Crippen LogP contribution in [0.2, 0.25) is 0 Å². The Balaban J connectivity index is 2.33. The minimum absolute atomic E-state index is 0.172. The van der Waals surface area contributed by atoms with E-state index < -0.39 is 16.0 Å². The third-order valence-corrected chi connectivity index (χ3v) is 4.93. The van der Waals surface area contributed by atoms with E-state index in [2.05, 4.69) is 4.72 Å². The number of thiocyanates is 1. The standard InChI is InChI=1S/C15H12N2O4S2/c1-10-7-12(22-9-16)5-6-14(10)17-23(20,21)13-4-2-3-11(8-13)15(18)19/h2-8,17H,1H3,(H,18,19)/p-1. The van der Waals surface area contributed by atoms with Crippen molar-refractivity contribution in [3.63, 3.8) is 0 Å². The Morgan fingerprint density at radius 2 is 2.00 bits per heavy atom. The first-order chi connectivity index (χ1) is 10.8. The number of benzene rings is 2. The average Bonchev–Trinajstić information content (AvgIpc) is 2.50.